The minimum atomic E-state index is -0.241. The number of rotatable bonds is 7. The number of anilines is 1. The molecule has 1 atom stereocenters. The maximum Gasteiger partial charge on any atom is 0.261 e. The molecule has 2 aromatic rings. The van der Waals surface area contributed by atoms with Gasteiger partial charge in [-0.15, -0.1) is 10.2 Å². The molecule has 0 aromatic carbocycles. The van der Waals surface area contributed by atoms with Gasteiger partial charge in [-0.2, -0.15) is 0 Å². The molecule has 0 spiro atoms. The van der Waals surface area contributed by atoms with Gasteiger partial charge in [0.2, 0.25) is 5.95 Å². The second kappa shape index (κ2) is 7.75. The van der Waals surface area contributed by atoms with E-state index in [-0.39, 0.29) is 17.8 Å². The highest BCUT2D eigenvalue weighted by atomic mass is 16.5. The zero-order valence-corrected chi connectivity index (χ0v) is 14.8. The largest absolute Gasteiger partial charge is 0.383 e. The lowest BCUT2D eigenvalue weighted by atomic mass is 10.3. The van der Waals surface area contributed by atoms with E-state index in [0.29, 0.717) is 24.5 Å². The van der Waals surface area contributed by atoms with Crippen LogP contribution in [0.4, 0.5) is 5.95 Å². The summed E-state index contributed by atoms with van der Waals surface area (Å²) in [7, 11) is 1.64. The van der Waals surface area contributed by atoms with Gasteiger partial charge in [-0.25, -0.2) is 4.98 Å². The van der Waals surface area contributed by atoms with Gasteiger partial charge in [0.25, 0.3) is 5.56 Å². The molecule has 0 radical (unpaired) electrons. The molecule has 3 heterocycles. The second-order valence-electron chi connectivity index (χ2n) is 6.30. The quantitative estimate of drug-likeness (QED) is 0.785. The Bertz CT molecular complexity index is 756. The molecule has 2 aromatic heterocycles. The predicted molar refractivity (Wildman–Crippen MR) is 92.6 cm³/mol. The molecule has 0 unspecified atom stereocenters. The normalized spacial score (nSPS) is 17.6. The van der Waals surface area contributed by atoms with Crippen molar-refractivity contribution in [3.63, 3.8) is 0 Å². The third-order valence-electron chi connectivity index (χ3n) is 4.10. The standard InChI is InChI=1S/C16H24N6O3/c1-11(2)25-12-4-5-21(9-12)16-20-19-14(22(16)6-7-24-3)13-8-17-10-18-15(13)23/h8,10-12H,4-7,9H2,1-3H3,(H,17,18,23)/t12-/m1/s1. The van der Waals surface area contributed by atoms with Crippen LogP contribution in [0.5, 0.6) is 0 Å². The summed E-state index contributed by atoms with van der Waals surface area (Å²) < 4.78 is 13.0. The van der Waals surface area contributed by atoms with Crippen LogP contribution >= 0.6 is 0 Å². The van der Waals surface area contributed by atoms with E-state index < -0.39 is 0 Å². The van der Waals surface area contributed by atoms with Crippen LogP contribution in [-0.2, 0) is 16.0 Å². The molecule has 0 aliphatic carbocycles. The van der Waals surface area contributed by atoms with Gasteiger partial charge in [0, 0.05) is 26.4 Å². The lowest BCUT2D eigenvalue weighted by molar-refractivity contribution is 0.0210. The number of nitrogens with one attached hydrogen (secondary N) is 1. The van der Waals surface area contributed by atoms with E-state index in [1.165, 1.54) is 12.5 Å². The minimum Gasteiger partial charge on any atom is -0.383 e. The van der Waals surface area contributed by atoms with E-state index in [1.54, 1.807) is 7.11 Å². The van der Waals surface area contributed by atoms with E-state index >= 15 is 0 Å². The first-order chi connectivity index (χ1) is 12.1. The monoisotopic (exact) mass is 348 g/mol. The number of nitrogens with zero attached hydrogens (tertiary/aromatic N) is 5. The average Bonchev–Trinajstić information content (AvgIpc) is 3.19. The lowest BCUT2D eigenvalue weighted by Crippen LogP contribution is -2.27. The van der Waals surface area contributed by atoms with Crippen LogP contribution in [0.2, 0.25) is 0 Å². The third kappa shape index (κ3) is 3.88. The van der Waals surface area contributed by atoms with Gasteiger partial charge in [0.05, 0.1) is 31.7 Å². The number of methoxy groups -OCH3 is 1. The Hall–Kier alpha value is -2.26. The van der Waals surface area contributed by atoms with Crippen molar-refractivity contribution in [3.05, 3.63) is 22.9 Å². The predicted octanol–water partition coefficient (Wildman–Crippen LogP) is 0.679. The first kappa shape index (κ1) is 17.6. The molecule has 0 saturated carbocycles. The summed E-state index contributed by atoms with van der Waals surface area (Å²) in [4.78, 5) is 20.8. The number of H-pyrrole nitrogens is 1. The zero-order valence-electron chi connectivity index (χ0n) is 14.8. The van der Waals surface area contributed by atoms with Crippen molar-refractivity contribution in [1.82, 2.24) is 24.7 Å². The van der Waals surface area contributed by atoms with Gasteiger partial charge in [-0.05, 0) is 20.3 Å². The average molecular weight is 348 g/mol. The summed E-state index contributed by atoms with van der Waals surface area (Å²) in [6.45, 7) is 6.72. The van der Waals surface area contributed by atoms with Crippen molar-refractivity contribution in [2.24, 2.45) is 0 Å². The number of aromatic nitrogens is 5. The number of hydrogen-bond acceptors (Lipinski definition) is 7. The summed E-state index contributed by atoms with van der Waals surface area (Å²) in [6.07, 6.45) is 4.18. The van der Waals surface area contributed by atoms with E-state index in [0.717, 1.165) is 25.5 Å². The molecule has 1 fully saturated rings. The van der Waals surface area contributed by atoms with Crippen LogP contribution < -0.4 is 10.5 Å². The van der Waals surface area contributed by atoms with Gasteiger partial charge in [-0.3, -0.25) is 9.36 Å². The Kier molecular flexibility index (Phi) is 5.44. The first-order valence-electron chi connectivity index (χ1n) is 8.45. The fourth-order valence-corrected chi connectivity index (χ4v) is 3.03. The molecular formula is C16H24N6O3. The molecule has 136 valence electrons. The molecule has 25 heavy (non-hydrogen) atoms. The molecule has 9 nitrogen and oxygen atoms in total. The summed E-state index contributed by atoms with van der Waals surface area (Å²) >= 11 is 0. The fraction of sp³-hybridized carbons (Fsp3) is 0.625. The minimum absolute atomic E-state index is 0.179. The van der Waals surface area contributed by atoms with E-state index in [1.807, 2.05) is 18.4 Å². The Morgan fingerprint density at radius 3 is 2.96 bits per heavy atom. The van der Waals surface area contributed by atoms with Crippen molar-refractivity contribution >= 4 is 5.95 Å². The number of hydrogen-bond donors (Lipinski definition) is 1. The smallest absolute Gasteiger partial charge is 0.261 e. The summed E-state index contributed by atoms with van der Waals surface area (Å²) in [5, 5.41) is 8.57. The van der Waals surface area contributed by atoms with Gasteiger partial charge in [-0.1, -0.05) is 0 Å². The first-order valence-corrected chi connectivity index (χ1v) is 8.45. The highest BCUT2D eigenvalue weighted by Gasteiger charge is 2.29. The van der Waals surface area contributed by atoms with Crippen LogP contribution in [-0.4, -0.2) is 63.7 Å². The number of aromatic amines is 1. The van der Waals surface area contributed by atoms with Crippen LogP contribution in [0.1, 0.15) is 20.3 Å². The van der Waals surface area contributed by atoms with E-state index in [2.05, 4.69) is 25.1 Å². The topological polar surface area (TPSA) is 98.2 Å². The maximum absolute atomic E-state index is 12.1. The molecule has 3 rings (SSSR count). The van der Waals surface area contributed by atoms with Gasteiger partial charge in [0.15, 0.2) is 5.82 Å². The van der Waals surface area contributed by atoms with Crippen LogP contribution in [0.25, 0.3) is 11.4 Å². The molecule has 0 amide bonds. The SMILES string of the molecule is COCCn1c(-c2cnc[nH]c2=O)nnc1N1CC[C@@H](OC(C)C)C1. The lowest BCUT2D eigenvalue weighted by Gasteiger charge is -2.20. The number of ether oxygens (including phenoxy) is 2. The summed E-state index contributed by atoms with van der Waals surface area (Å²) in [5.41, 5.74) is 0.154. The molecule has 1 N–H and O–H groups in total. The van der Waals surface area contributed by atoms with Crippen LogP contribution in [0.3, 0.4) is 0 Å². The van der Waals surface area contributed by atoms with E-state index in [4.69, 9.17) is 9.47 Å². The van der Waals surface area contributed by atoms with Gasteiger partial charge < -0.3 is 19.4 Å². The molecule has 0 bridgehead atoms. The van der Waals surface area contributed by atoms with Crippen molar-refractivity contribution in [2.75, 3.05) is 31.7 Å². The Balaban J connectivity index is 1.90. The third-order valence-corrected chi connectivity index (χ3v) is 4.10. The maximum atomic E-state index is 12.1. The highest BCUT2D eigenvalue weighted by molar-refractivity contribution is 5.55. The van der Waals surface area contributed by atoms with Crippen molar-refractivity contribution in [1.29, 1.82) is 0 Å². The zero-order chi connectivity index (χ0) is 17.8. The fourth-order valence-electron chi connectivity index (χ4n) is 3.03. The Labute approximate surface area is 146 Å². The van der Waals surface area contributed by atoms with Crippen LogP contribution in [0.15, 0.2) is 17.3 Å². The Morgan fingerprint density at radius 2 is 2.24 bits per heavy atom. The molecule has 1 aliphatic heterocycles. The second-order valence-corrected chi connectivity index (χ2v) is 6.30. The van der Waals surface area contributed by atoms with Crippen molar-refractivity contribution in [2.45, 2.75) is 39.0 Å². The highest BCUT2D eigenvalue weighted by Crippen LogP contribution is 2.24. The van der Waals surface area contributed by atoms with Crippen molar-refractivity contribution in [3.8, 4) is 11.4 Å². The molecule has 1 aliphatic rings. The molecule has 1 saturated heterocycles. The van der Waals surface area contributed by atoms with E-state index in [9.17, 15) is 4.79 Å². The molecule has 9 heteroatoms. The van der Waals surface area contributed by atoms with Crippen LogP contribution in [0, 0.1) is 0 Å². The Morgan fingerprint density at radius 1 is 1.40 bits per heavy atom. The summed E-state index contributed by atoms with van der Waals surface area (Å²) in [5.74, 6) is 1.22. The van der Waals surface area contributed by atoms with Gasteiger partial charge in [0.1, 0.15) is 5.56 Å². The van der Waals surface area contributed by atoms with Gasteiger partial charge >= 0.3 is 0 Å². The summed E-state index contributed by atoms with van der Waals surface area (Å²) in [6, 6.07) is 0. The van der Waals surface area contributed by atoms with Crippen molar-refractivity contribution < 1.29 is 9.47 Å². The molecular weight excluding hydrogens is 324 g/mol.